The van der Waals surface area contributed by atoms with E-state index in [1.54, 1.807) is 0 Å². The first-order valence-electron chi connectivity index (χ1n) is 11.1. The molecule has 0 saturated carbocycles. The van der Waals surface area contributed by atoms with Crippen molar-refractivity contribution in [2.24, 2.45) is 0 Å². The van der Waals surface area contributed by atoms with Crippen LogP contribution in [0, 0.1) is 0 Å². The van der Waals surface area contributed by atoms with Crippen LogP contribution < -0.4 is 0 Å². The third-order valence-electron chi connectivity index (χ3n) is 5.45. The lowest BCUT2D eigenvalue weighted by molar-refractivity contribution is 0.0978. The summed E-state index contributed by atoms with van der Waals surface area (Å²) < 4.78 is 1.90. The Balaban J connectivity index is 1.57. The van der Waals surface area contributed by atoms with Crippen molar-refractivity contribution in [1.82, 2.24) is 35.4 Å². The maximum absolute atomic E-state index is 12.1. The van der Waals surface area contributed by atoms with Gasteiger partial charge in [-0.1, -0.05) is 75.2 Å². The van der Waals surface area contributed by atoms with Crippen LogP contribution in [0.1, 0.15) is 61.5 Å². The van der Waals surface area contributed by atoms with Crippen molar-refractivity contribution < 1.29 is 4.79 Å². The summed E-state index contributed by atoms with van der Waals surface area (Å²) in [7, 11) is 0. The van der Waals surface area contributed by atoms with Crippen molar-refractivity contribution in [1.29, 1.82) is 0 Å². The molecule has 8 heteroatoms. The molecule has 2 heterocycles. The number of aryl methyl sites for hydroxylation is 1. The van der Waals surface area contributed by atoms with Gasteiger partial charge in [-0.05, 0) is 33.5 Å². The Kier molecular flexibility index (Phi) is 6.79. The number of carbonyl (C=O) groups excluding carboxylic acids is 1. The Morgan fingerprint density at radius 2 is 1.78 bits per heavy atom. The van der Waals surface area contributed by atoms with Crippen LogP contribution in [0.3, 0.4) is 0 Å². The van der Waals surface area contributed by atoms with Crippen LogP contribution in [-0.4, -0.2) is 41.2 Å². The number of H-pyrrole nitrogens is 1. The predicted octanol–water partition coefficient (Wildman–Crippen LogP) is 4.50. The van der Waals surface area contributed by atoms with Gasteiger partial charge in [-0.3, -0.25) is 4.79 Å². The van der Waals surface area contributed by atoms with E-state index >= 15 is 0 Å². The van der Waals surface area contributed by atoms with Gasteiger partial charge in [0.2, 0.25) is 11.6 Å². The van der Waals surface area contributed by atoms with Crippen LogP contribution in [-0.2, 0) is 13.0 Å². The molecule has 0 atom stereocenters. The molecule has 0 saturated heterocycles. The maximum atomic E-state index is 12.1. The number of carbonyl (C=O) groups is 1. The quantitative estimate of drug-likeness (QED) is 0.294. The van der Waals surface area contributed by atoms with Crippen LogP contribution in [0.4, 0.5) is 0 Å². The molecule has 0 bridgehead atoms. The zero-order valence-corrected chi connectivity index (χ0v) is 18.5. The number of nitrogens with one attached hydrogen (secondary N) is 1. The molecule has 0 aliphatic rings. The second kappa shape index (κ2) is 10.1. The number of aromatic nitrogens is 7. The highest BCUT2D eigenvalue weighted by Gasteiger charge is 2.16. The first-order chi connectivity index (χ1) is 15.7. The summed E-state index contributed by atoms with van der Waals surface area (Å²) >= 11 is 0. The topological polar surface area (TPSA) is 102 Å². The molecule has 8 nitrogen and oxygen atoms in total. The van der Waals surface area contributed by atoms with Gasteiger partial charge in [-0.25, -0.2) is 14.8 Å². The molecule has 0 amide bonds. The second-order valence-electron chi connectivity index (χ2n) is 7.73. The fourth-order valence-electron chi connectivity index (χ4n) is 3.67. The molecule has 0 aliphatic carbocycles. The lowest BCUT2D eigenvalue weighted by Gasteiger charge is -2.09. The van der Waals surface area contributed by atoms with Gasteiger partial charge in [0, 0.05) is 24.9 Å². The highest BCUT2D eigenvalue weighted by molar-refractivity contribution is 5.92. The molecule has 0 spiro atoms. The molecule has 0 unspecified atom stereocenters. The van der Waals surface area contributed by atoms with E-state index in [0.29, 0.717) is 24.5 Å². The lowest BCUT2D eigenvalue weighted by atomic mass is 9.98. The van der Waals surface area contributed by atoms with Crippen molar-refractivity contribution in [3.63, 3.8) is 0 Å². The summed E-state index contributed by atoms with van der Waals surface area (Å²) in [5, 5.41) is 18.7. The van der Waals surface area contributed by atoms with Crippen LogP contribution in [0.25, 0.3) is 22.5 Å². The standard InChI is InChI=1S/C24H27N7O/c1-3-5-8-15-31-22(25-24(28-31)21(32)4-2)16-17-11-13-18(14-12-17)19-9-6-7-10-20(19)23-26-29-30-27-23/h6-7,9-14H,3-5,8,15-16H2,1-2H3,(H,26,27,29,30). The number of aromatic amines is 1. The van der Waals surface area contributed by atoms with E-state index in [4.69, 9.17) is 0 Å². The molecule has 2 aromatic heterocycles. The summed E-state index contributed by atoms with van der Waals surface area (Å²) in [6.45, 7) is 4.79. The minimum absolute atomic E-state index is 0.0191. The fourth-order valence-corrected chi connectivity index (χ4v) is 3.67. The zero-order valence-electron chi connectivity index (χ0n) is 18.5. The number of nitrogens with zero attached hydrogens (tertiary/aromatic N) is 6. The minimum atomic E-state index is -0.0191. The van der Waals surface area contributed by atoms with Gasteiger partial charge in [0.15, 0.2) is 5.82 Å². The van der Waals surface area contributed by atoms with Crippen LogP contribution >= 0.6 is 0 Å². The van der Waals surface area contributed by atoms with Gasteiger partial charge in [0.1, 0.15) is 5.82 Å². The molecule has 4 rings (SSSR count). The van der Waals surface area contributed by atoms with E-state index in [-0.39, 0.29) is 5.78 Å². The lowest BCUT2D eigenvalue weighted by Crippen LogP contribution is -2.07. The number of tetrazole rings is 1. The number of rotatable bonds is 10. The average Bonchev–Trinajstić information content (AvgIpc) is 3.50. The average molecular weight is 430 g/mol. The summed E-state index contributed by atoms with van der Waals surface area (Å²) in [5.74, 6) is 1.77. The van der Waals surface area contributed by atoms with E-state index < -0.39 is 0 Å². The van der Waals surface area contributed by atoms with Crippen LogP contribution in [0.5, 0.6) is 0 Å². The van der Waals surface area contributed by atoms with Gasteiger partial charge in [0.25, 0.3) is 0 Å². The van der Waals surface area contributed by atoms with E-state index in [1.165, 1.54) is 0 Å². The third kappa shape index (κ3) is 4.80. The van der Waals surface area contributed by atoms with Gasteiger partial charge >= 0.3 is 0 Å². The zero-order chi connectivity index (χ0) is 22.3. The highest BCUT2D eigenvalue weighted by Crippen LogP contribution is 2.30. The highest BCUT2D eigenvalue weighted by atomic mass is 16.1. The van der Waals surface area contributed by atoms with E-state index in [9.17, 15) is 4.79 Å². The number of unbranched alkanes of at least 4 members (excludes halogenated alkanes) is 2. The predicted molar refractivity (Wildman–Crippen MR) is 122 cm³/mol. The van der Waals surface area contributed by atoms with E-state index in [2.05, 4.69) is 68.0 Å². The molecule has 32 heavy (non-hydrogen) atoms. The first kappa shape index (κ1) is 21.5. The van der Waals surface area contributed by atoms with Crippen molar-refractivity contribution in [2.45, 2.75) is 52.5 Å². The van der Waals surface area contributed by atoms with Crippen molar-refractivity contribution in [3.05, 3.63) is 65.7 Å². The van der Waals surface area contributed by atoms with Crippen LogP contribution in [0.15, 0.2) is 48.5 Å². The fraction of sp³-hybridized carbons (Fsp3) is 0.333. The first-order valence-corrected chi connectivity index (χ1v) is 11.1. The minimum Gasteiger partial charge on any atom is -0.291 e. The van der Waals surface area contributed by atoms with Crippen molar-refractivity contribution in [3.8, 4) is 22.5 Å². The molecular weight excluding hydrogens is 402 g/mol. The molecular formula is C24H27N7O. The third-order valence-corrected chi connectivity index (χ3v) is 5.45. The molecule has 1 N–H and O–H groups in total. The molecule has 4 aromatic rings. The van der Waals surface area contributed by atoms with Crippen LogP contribution in [0.2, 0.25) is 0 Å². The Labute approximate surface area is 187 Å². The number of ketones is 1. The van der Waals surface area contributed by atoms with Crippen molar-refractivity contribution >= 4 is 5.78 Å². The summed E-state index contributed by atoms with van der Waals surface area (Å²) in [5.41, 5.74) is 4.19. The SMILES string of the molecule is CCCCCn1nc(C(=O)CC)nc1Cc1ccc(-c2ccccc2-c2nnn[nH]2)cc1. The second-order valence-corrected chi connectivity index (χ2v) is 7.73. The normalized spacial score (nSPS) is 11.1. The number of hydrogen-bond donors (Lipinski definition) is 1. The van der Waals surface area contributed by atoms with Gasteiger partial charge in [0.05, 0.1) is 0 Å². The molecule has 0 fully saturated rings. The summed E-state index contributed by atoms with van der Waals surface area (Å²) in [4.78, 5) is 16.7. The Bertz CT molecular complexity index is 1160. The molecule has 164 valence electrons. The number of hydrogen-bond acceptors (Lipinski definition) is 6. The van der Waals surface area contributed by atoms with E-state index in [1.807, 2.05) is 29.8 Å². The maximum Gasteiger partial charge on any atom is 0.217 e. The number of Topliss-reactive ketones (excluding diaryl/α,β-unsaturated/α-hetero) is 1. The molecule has 2 aromatic carbocycles. The van der Waals surface area contributed by atoms with E-state index in [0.717, 1.165) is 53.9 Å². The molecule has 0 radical (unpaired) electrons. The Morgan fingerprint density at radius 1 is 1.00 bits per heavy atom. The molecule has 0 aliphatic heterocycles. The monoisotopic (exact) mass is 429 g/mol. The van der Waals surface area contributed by atoms with Gasteiger partial charge < -0.3 is 0 Å². The Hall–Kier alpha value is -3.68. The Morgan fingerprint density at radius 3 is 2.47 bits per heavy atom. The summed E-state index contributed by atoms with van der Waals surface area (Å²) in [6.07, 6.45) is 4.33. The largest absolute Gasteiger partial charge is 0.291 e. The van der Waals surface area contributed by atoms with Crippen molar-refractivity contribution in [2.75, 3.05) is 0 Å². The van der Waals surface area contributed by atoms with Gasteiger partial charge in [-0.15, -0.1) is 10.2 Å². The number of benzene rings is 2. The summed E-state index contributed by atoms with van der Waals surface area (Å²) in [6, 6.07) is 16.4. The smallest absolute Gasteiger partial charge is 0.217 e. The van der Waals surface area contributed by atoms with Gasteiger partial charge in [-0.2, -0.15) is 0 Å².